The van der Waals surface area contributed by atoms with Gasteiger partial charge in [-0.3, -0.25) is 4.79 Å². The number of halogens is 2. The van der Waals surface area contributed by atoms with E-state index < -0.39 is 17.0 Å². The number of nitrogens with two attached hydrogens (primary N) is 1. The lowest BCUT2D eigenvalue weighted by atomic mass is 9.69. The molecular formula is C31H35Cl2N3O4. The van der Waals surface area contributed by atoms with Crippen LogP contribution in [0, 0.1) is 0 Å². The summed E-state index contributed by atoms with van der Waals surface area (Å²) in [5.74, 6) is -0.460. The minimum absolute atomic E-state index is 0.0785. The maximum atomic E-state index is 13.8. The van der Waals surface area contributed by atoms with Crippen LogP contribution in [-0.2, 0) is 19.7 Å². The molecule has 0 spiro atoms. The van der Waals surface area contributed by atoms with E-state index in [2.05, 4.69) is 5.32 Å². The van der Waals surface area contributed by atoms with Crippen LogP contribution in [-0.4, -0.2) is 48.8 Å². The van der Waals surface area contributed by atoms with Crippen LogP contribution in [0.1, 0.15) is 50.3 Å². The quantitative estimate of drug-likeness (QED) is 0.186. The molecule has 3 N–H and O–H groups in total. The highest BCUT2D eigenvalue weighted by Crippen LogP contribution is 2.43. The number of anilines is 2. The predicted octanol–water partition coefficient (Wildman–Crippen LogP) is 6.89. The van der Waals surface area contributed by atoms with Gasteiger partial charge in [0.1, 0.15) is 11.0 Å². The van der Waals surface area contributed by atoms with Crippen molar-refractivity contribution in [3.63, 3.8) is 0 Å². The number of benzene rings is 3. The standard InChI is InChI=1S/C31H35Cl2N3O4/c1-30(2,3)40-29(38)36-17-15-25(16-18-36)35-27-19-22(9-14-26(27)34)31(28(37)39-4,20-5-10-23(32)11-6-20)21-7-12-24(33)13-8-21/h5-14,19,25,35H,15-18,34H2,1-4H3. The van der Waals surface area contributed by atoms with Crippen molar-refractivity contribution in [2.75, 3.05) is 31.2 Å². The molecule has 1 aliphatic heterocycles. The lowest BCUT2D eigenvalue weighted by molar-refractivity contribution is -0.144. The van der Waals surface area contributed by atoms with Crippen molar-refractivity contribution in [3.8, 4) is 0 Å². The van der Waals surface area contributed by atoms with Gasteiger partial charge in [0.2, 0.25) is 0 Å². The molecule has 1 saturated heterocycles. The minimum Gasteiger partial charge on any atom is -0.468 e. The fourth-order valence-corrected chi connectivity index (χ4v) is 5.33. The average Bonchev–Trinajstić information content (AvgIpc) is 2.92. The normalized spacial score (nSPS) is 14.5. The van der Waals surface area contributed by atoms with Crippen molar-refractivity contribution in [3.05, 3.63) is 93.5 Å². The Balaban J connectivity index is 1.70. The van der Waals surface area contributed by atoms with Crippen LogP contribution >= 0.6 is 23.2 Å². The van der Waals surface area contributed by atoms with Crippen LogP contribution in [0.15, 0.2) is 66.7 Å². The molecular weight excluding hydrogens is 549 g/mol. The van der Waals surface area contributed by atoms with Gasteiger partial charge in [0, 0.05) is 29.2 Å². The second-order valence-corrected chi connectivity index (χ2v) is 11.8. The largest absolute Gasteiger partial charge is 0.468 e. The Labute approximate surface area is 245 Å². The molecule has 0 radical (unpaired) electrons. The monoisotopic (exact) mass is 583 g/mol. The van der Waals surface area contributed by atoms with Gasteiger partial charge in [-0.1, -0.05) is 53.5 Å². The summed E-state index contributed by atoms with van der Waals surface area (Å²) in [6, 6.07) is 19.9. The maximum Gasteiger partial charge on any atom is 0.410 e. The third-order valence-corrected chi connectivity index (χ3v) is 7.54. The van der Waals surface area contributed by atoms with E-state index in [1.54, 1.807) is 35.2 Å². The van der Waals surface area contributed by atoms with Gasteiger partial charge >= 0.3 is 12.1 Å². The Bertz CT molecular complexity index is 1300. The van der Waals surface area contributed by atoms with Gasteiger partial charge in [-0.25, -0.2) is 4.79 Å². The molecule has 7 nitrogen and oxygen atoms in total. The highest BCUT2D eigenvalue weighted by Gasteiger charge is 2.45. The first kappa shape index (κ1) is 29.6. The highest BCUT2D eigenvalue weighted by molar-refractivity contribution is 6.30. The molecule has 0 bridgehead atoms. The summed E-state index contributed by atoms with van der Waals surface area (Å²) in [7, 11) is 1.37. The number of hydrogen-bond donors (Lipinski definition) is 2. The number of piperidine rings is 1. The van der Waals surface area contributed by atoms with E-state index in [-0.39, 0.29) is 12.1 Å². The Morgan fingerprint density at radius 3 is 1.85 bits per heavy atom. The van der Waals surface area contributed by atoms with E-state index in [0.717, 1.165) is 12.8 Å². The first-order valence-corrected chi connectivity index (χ1v) is 13.9. The fourth-order valence-electron chi connectivity index (χ4n) is 5.07. The van der Waals surface area contributed by atoms with E-state index in [1.165, 1.54) is 7.11 Å². The number of amides is 1. The van der Waals surface area contributed by atoms with E-state index in [9.17, 15) is 9.59 Å². The number of esters is 1. The molecule has 1 fully saturated rings. The molecule has 0 aliphatic carbocycles. The minimum atomic E-state index is -1.31. The molecule has 212 valence electrons. The number of nitrogens with one attached hydrogen (secondary N) is 1. The summed E-state index contributed by atoms with van der Waals surface area (Å²) in [5.41, 5.74) is 7.86. The summed E-state index contributed by atoms with van der Waals surface area (Å²) in [4.78, 5) is 28.0. The van der Waals surface area contributed by atoms with Crippen molar-refractivity contribution in [2.24, 2.45) is 0 Å². The van der Waals surface area contributed by atoms with Crippen molar-refractivity contribution in [1.29, 1.82) is 0 Å². The van der Waals surface area contributed by atoms with Crippen LogP contribution in [0.3, 0.4) is 0 Å². The molecule has 9 heteroatoms. The first-order chi connectivity index (χ1) is 18.9. The zero-order valence-corrected chi connectivity index (χ0v) is 24.7. The molecule has 3 aromatic carbocycles. The zero-order chi connectivity index (χ0) is 29.1. The zero-order valence-electron chi connectivity index (χ0n) is 23.2. The van der Waals surface area contributed by atoms with Gasteiger partial charge in [0.15, 0.2) is 0 Å². The number of nitrogens with zero attached hydrogens (tertiary/aromatic N) is 1. The van der Waals surface area contributed by atoms with Gasteiger partial charge in [-0.05, 0) is 86.7 Å². The first-order valence-electron chi connectivity index (χ1n) is 13.2. The highest BCUT2D eigenvalue weighted by atomic mass is 35.5. The summed E-state index contributed by atoms with van der Waals surface area (Å²) >= 11 is 12.4. The summed E-state index contributed by atoms with van der Waals surface area (Å²) < 4.78 is 10.9. The molecule has 4 rings (SSSR count). The molecule has 0 unspecified atom stereocenters. The Morgan fingerprint density at radius 1 is 0.875 bits per heavy atom. The van der Waals surface area contributed by atoms with E-state index >= 15 is 0 Å². The molecule has 0 aromatic heterocycles. The SMILES string of the molecule is COC(=O)C(c1ccc(Cl)cc1)(c1ccc(Cl)cc1)c1ccc(N)c(NC2CCN(C(=O)OC(C)(C)C)CC2)c1. The molecule has 1 amide bonds. The van der Waals surface area contributed by atoms with Gasteiger partial charge in [-0.15, -0.1) is 0 Å². The smallest absolute Gasteiger partial charge is 0.410 e. The summed E-state index contributed by atoms with van der Waals surface area (Å²) in [5, 5.41) is 4.65. The lowest BCUT2D eigenvalue weighted by Crippen LogP contribution is -2.44. The van der Waals surface area contributed by atoms with Crippen molar-refractivity contribution in [1.82, 2.24) is 4.90 Å². The Hall–Kier alpha value is -3.42. The molecule has 3 aromatic rings. The van der Waals surface area contributed by atoms with Crippen molar-refractivity contribution in [2.45, 2.75) is 50.7 Å². The molecule has 1 aliphatic rings. The van der Waals surface area contributed by atoms with Gasteiger partial charge in [0.25, 0.3) is 0 Å². The molecule has 0 atom stereocenters. The third kappa shape index (κ3) is 6.31. The van der Waals surface area contributed by atoms with Crippen molar-refractivity contribution >= 4 is 46.6 Å². The van der Waals surface area contributed by atoms with Crippen LogP contribution in [0.2, 0.25) is 10.0 Å². The average molecular weight is 585 g/mol. The Morgan fingerprint density at radius 2 is 1.38 bits per heavy atom. The third-order valence-electron chi connectivity index (χ3n) is 7.04. The topological polar surface area (TPSA) is 93.9 Å². The van der Waals surface area contributed by atoms with Crippen LogP contribution in [0.4, 0.5) is 16.2 Å². The number of carbonyl (C=O) groups is 2. The summed E-state index contributed by atoms with van der Waals surface area (Å²) in [6.07, 6.45) is 1.14. The number of nitrogen functional groups attached to an aromatic ring is 1. The van der Waals surface area contributed by atoms with E-state index in [0.29, 0.717) is 51.2 Å². The maximum absolute atomic E-state index is 13.8. The van der Waals surface area contributed by atoms with Gasteiger partial charge in [-0.2, -0.15) is 0 Å². The predicted molar refractivity (Wildman–Crippen MR) is 160 cm³/mol. The fraction of sp³-hybridized carbons (Fsp3) is 0.355. The van der Waals surface area contributed by atoms with Crippen LogP contribution < -0.4 is 11.1 Å². The second-order valence-electron chi connectivity index (χ2n) is 10.9. The molecule has 40 heavy (non-hydrogen) atoms. The lowest BCUT2D eigenvalue weighted by Gasteiger charge is -2.35. The molecule has 0 saturated carbocycles. The second kappa shape index (κ2) is 12.0. The van der Waals surface area contributed by atoms with Gasteiger partial charge in [0.05, 0.1) is 18.5 Å². The number of ether oxygens (including phenoxy) is 2. The number of hydrogen-bond acceptors (Lipinski definition) is 6. The number of rotatable bonds is 6. The number of methoxy groups -OCH3 is 1. The van der Waals surface area contributed by atoms with E-state index in [1.807, 2.05) is 57.2 Å². The Kier molecular flexibility index (Phi) is 8.86. The van der Waals surface area contributed by atoms with Crippen LogP contribution in [0.5, 0.6) is 0 Å². The number of carbonyl (C=O) groups excluding carboxylic acids is 2. The van der Waals surface area contributed by atoms with Crippen LogP contribution in [0.25, 0.3) is 0 Å². The molecule has 1 heterocycles. The number of likely N-dealkylation sites (tertiary alicyclic amines) is 1. The van der Waals surface area contributed by atoms with E-state index in [4.69, 9.17) is 38.4 Å². The summed E-state index contributed by atoms with van der Waals surface area (Å²) in [6.45, 7) is 6.70. The van der Waals surface area contributed by atoms with Gasteiger partial charge < -0.3 is 25.4 Å². The van der Waals surface area contributed by atoms with Crippen molar-refractivity contribution < 1.29 is 19.1 Å².